The molecule has 0 heterocycles. The predicted octanol–water partition coefficient (Wildman–Crippen LogP) is 5.88. The van der Waals surface area contributed by atoms with Gasteiger partial charge in [-0.25, -0.2) is 0 Å². The number of rotatable bonds is 4. The number of benzene rings is 3. The number of fused-ring (bicyclic) bond motifs is 1. The van der Waals surface area contributed by atoms with E-state index >= 15 is 0 Å². The molecule has 0 aliphatic rings. The van der Waals surface area contributed by atoms with Crippen LogP contribution in [0.25, 0.3) is 21.9 Å². The third kappa shape index (κ3) is 3.18. The maximum Gasteiger partial charge on any atom is 0.230 e. The average Bonchev–Trinajstić information content (AvgIpc) is 2.62. The molecule has 0 radical (unpaired) electrons. The Balaban J connectivity index is 1.88. The summed E-state index contributed by atoms with van der Waals surface area (Å²) in [5, 5.41) is 5.48. The summed E-state index contributed by atoms with van der Waals surface area (Å²) in [5.74, 6) is 0.0583. The molecule has 0 saturated heterocycles. The Kier molecular flexibility index (Phi) is 4.39. The highest BCUT2D eigenvalue weighted by Crippen LogP contribution is 2.30. The van der Waals surface area contributed by atoms with Crippen molar-refractivity contribution in [2.75, 3.05) is 5.32 Å². The molecule has 0 aliphatic heterocycles. The zero-order valence-corrected chi connectivity index (χ0v) is 14.5. The monoisotopic (exact) mass is 317 g/mol. The van der Waals surface area contributed by atoms with E-state index in [1.807, 2.05) is 32.9 Å². The normalized spacial score (nSPS) is 11.5. The number of nitrogens with one attached hydrogen (secondary N) is 1. The first-order valence-corrected chi connectivity index (χ1v) is 8.41. The minimum absolute atomic E-state index is 0.0583. The van der Waals surface area contributed by atoms with Gasteiger partial charge in [0.05, 0.1) is 0 Å². The minimum atomic E-state index is -0.353. The van der Waals surface area contributed by atoms with Crippen LogP contribution >= 0.6 is 0 Å². The van der Waals surface area contributed by atoms with E-state index in [4.69, 9.17) is 0 Å². The fourth-order valence-corrected chi connectivity index (χ4v) is 2.67. The Bertz CT molecular complexity index is 857. The number of anilines is 1. The molecule has 0 aliphatic carbocycles. The van der Waals surface area contributed by atoms with Gasteiger partial charge in [0.25, 0.3) is 0 Å². The average molecular weight is 317 g/mol. The van der Waals surface area contributed by atoms with Crippen LogP contribution in [0.3, 0.4) is 0 Å². The molecule has 24 heavy (non-hydrogen) atoms. The van der Waals surface area contributed by atoms with Gasteiger partial charge in [-0.1, -0.05) is 75.4 Å². The molecule has 2 nitrogen and oxygen atoms in total. The van der Waals surface area contributed by atoms with Crippen molar-refractivity contribution in [2.45, 2.75) is 27.2 Å². The summed E-state index contributed by atoms with van der Waals surface area (Å²) in [6, 6.07) is 22.8. The summed E-state index contributed by atoms with van der Waals surface area (Å²) in [7, 11) is 0. The van der Waals surface area contributed by atoms with Gasteiger partial charge in [0.1, 0.15) is 0 Å². The Morgan fingerprint density at radius 2 is 1.58 bits per heavy atom. The van der Waals surface area contributed by atoms with E-state index in [9.17, 15) is 4.79 Å². The topological polar surface area (TPSA) is 29.1 Å². The van der Waals surface area contributed by atoms with Crippen LogP contribution < -0.4 is 5.32 Å². The number of amides is 1. The van der Waals surface area contributed by atoms with Gasteiger partial charge in [-0.05, 0) is 40.5 Å². The smallest absolute Gasteiger partial charge is 0.230 e. The van der Waals surface area contributed by atoms with E-state index < -0.39 is 0 Å². The fraction of sp³-hybridized carbons (Fsp3) is 0.227. The molecule has 0 saturated carbocycles. The van der Waals surface area contributed by atoms with Crippen molar-refractivity contribution in [1.82, 2.24) is 0 Å². The highest BCUT2D eigenvalue weighted by atomic mass is 16.2. The molecular weight excluding hydrogens is 294 g/mol. The van der Waals surface area contributed by atoms with Crippen molar-refractivity contribution < 1.29 is 4.79 Å². The Labute approximate surface area is 143 Å². The molecule has 1 amide bonds. The van der Waals surface area contributed by atoms with Gasteiger partial charge >= 0.3 is 0 Å². The van der Waals surface area contributed by atoms with Crippen LogP contribution in [0.4, 0.5) is 5.69 Å². The van der Waals surface area contributed by atoms with E-state index in [-0.39, 0.29) is 11.3 Å². The van der Waals surface area contributed by atoms with E-state index in [1.54, 1.807) is 0 Å². The summed E-state index contributed by atoms with van der Waals surface area (Å²) in [6.07, 6.45) is 0.812. The van der Waals surface area contributed by atoms with Crippen LogP contribution in [-0.4, -0.2) is 5.91 Å². The van der Waals surface area contributed by atoms with Crippen molar-refractivity contribution in [3.05, 3.63) is 66.7 Å². The van der Waals surface area contributed by atoms with Crippen LogP contribution in [-0.2, 0) is 4.79 Å². The maximum absolute atomic E-state index is 12.3. The molecule has 3 aromatic rings. The van der Waals surface area contributed by atoms with Gasteiger partial charge in [-0.3, -0.25) is 4.79 Å². The molecular formula is C22H23NO. The number of carbonyl (C=O) groups excluding carboxylic acids is 1. The zero-order valence-electron chi connectivity index (χ0n) is 14.5. The maximum atomic E-state index is 12.3. The molecule has 2 heteroatoms. The zero-order chi connectivity index (χ0) is 17.2. The fourth-order valence-electron chi connectivity index (χ4n) is 2.67. The molecule has 0 fully saturated rings. The first kappa shape index (κ1) is 16.3. The SMILES string of the molecule is CCC(C)(C)C(=O)Nc1ccc(-c2cccc3ccccc23)cc1. The van der Waals surface area contributed by atoms with Crippen LogP contribution in [0.1, 0.15) is 27.2 Å². The lowest BCUT2D eigenvalue weighted by molar-refractivity contribution is -0.124. The summed E-state index contributed by atoms with van der Waals surface area (Å²) >= 11 is 0. The highest BCUT2D eigenvalue weighted by molar-refractivity contribution is 5.98. The van der Waals surface area contributed by atoms with E-state index in [1.165, 1.54) is 16.3 Å². The largest absolute Gasteiger partial charge is 0.326 e. The number of hydrogen-bond acceptors (Lipinski definition) is 1. The van der Waals surface area contributed by atoms with Crippen molar-refractivity contribution in [1.29, 1.82) is 0 Å². The van der Waals surface area contributed by atoms with Gasteiger partial charge in [-0.15, -0.1) is 0 Å². The van der Waals surface area contributed by atoms with Gasteiger partial charge < -0.3 is 5.32 Å². The quantitative estimate of drug-likeness (QED) is 0.639. The van der Waals surface area contributed by atoms with Gasteiger partial charge in [0, 0.05) is 11.1 Å². The molecule has 1 N–H and O–H groups in total. The molecule has 0 bridgehead atoms. The van der Waals surface area contributed by atoms with Crippen LogP contribution in [0, 0.1) is 5.41 Å². The van der Waals surface area contributed by atoms with E-state index in [0.29, 0.717) is 0 Å². The molecule has 3 aromatic carbocycles. The molecule has 0 spiro atoms. The molecule has 3 rings (SSSR count). The lowest BCUT2D eigenvalue weighted by atomic mass is 9.89. The first-order chi connectivity index (χ1) is 11.5. The standard InChI is InChI=1S/C22H23NO/c1-4-22(2,3)21(24)23-18-14-12-17(13-15-18)20-11-7-9-16-8-5-6-10-19(16)20/h5-15H,4H2,1-3H3,(H,23,24). The summed E-state index contributed by atoms with van der Waals surface area (Å²) in [6.45, 7) is 5.96. The van der Waals surface area contributed by atoms with Crippen molar-refractivity contribution in [2.24, 2.45) is 5.41 Å². The van der Waals surface area contributed by atoms with Crippen LogP contribution in [0.2, 0.25) is 0 Å². The van der Waals surface area contributed by atoms with Gasteiger partial charge in [-0.2, -0.15) is 0 Å². The van der Waals surface area contributed by atoms with E-state index in [0.717, 1.165) is 17.7 Å². The lowest BCUT2D eigenvalue weighted by Crippen LogP contribution is -2.29. The predicted molar refractivity (Wildman–Crippen MR) is 102 cm³/mol. The van der Waals surface area contributed by atoms with Crippen molar-refractivity contribution in [3.63, 3.8) is 0 Å². The molecule has 0 atom stereocenters. The van der Waals surface area contributed by atoms with Crippen molar-refractivity contribution in [3.8, 4) is 11.1 Å². The minimum Gasteiger partial charge on any atom is -0.326 e. The van der Waals surface area contributed by atoms with Gasteiger partial charge in [0.2, 0.25) is 5.91 Å². The summed E-state index contributed by atoms with van der Waals surface area (Å²) in [5.41, 5.74) is 2.85. The third-order valence-corrected chi connectivity index (χ3v) is 4.74. The van der Waals surface area contributed by atoms with Gasteiger partial charge in [0.15, 0.2) is 0 Å². The number of carbonyl (C=O) groups is 1. The summed E-state index contributed by atoms with van der Waals surface area (Å²) < 4.78 is 0. The second kappa shape index (κ2) is 6.48. The Morgan fingerprint density at radius 1 is 0.917 bits per heavy atom. The van der Waals surface area contributed by atoms with Crippen LogP contribution in [0.15, 0.2) is 66.7 Å². The second-order valence-corrected chi connectivity index (χ2v) is 6.80. The first-order valence-electron chi connectivity index (χ1n) is 8.41. The molecule has 122 valence electrons. The Morgan fingerprint density at radius 3 is 2.29 bits per heavy atom. The van der Waals surface area contributed by atoms with Crippen LogP contribution in [0.5, 0.6) is 0 Å². The molecule has 0 aromatic heterocycles. The number of hydrogen-bond donors (Lipinski definition) is 1. The van der Waals surface area contributed by atoms with E-state index in [2.05, 4.69) is 59.9 Å². The second-order valence-electron chi connectivity index (χ2n) is 6.80. The molecule has 0 unspecified atom stereocenters. The highest BCUT2D eigenvalue weighted by Gasteiger charge is 2.25. The third-order valence-electron chi connectivity index (χ3n) is 4.74. The summed E-state index contributed by atoms with van der Waals surface area (Å²) in [4.78, 5) is 12.3. The lowest BCUT2D eigenvalue weighted by Gasteiger charge is -2.21. The van der Waals surface area contributed by atoms with Crippen molar-refractivity contribution >= 4 is 22.4 Å². The Hall–Kier alpha value is -2.61.